The molecule has 19 heavy (non-hydrogen) atoms. The first-order valence-corrected chi connectivity index (χ1v) is 6.95. The molecule has 1 fully saturated rings. The van der Waals surface area contributed by atoms with Crippen molar-refractivity contribution < 1.29 is 0 Å². The van der Waals surface area contributed by atoms with Gasteiger partial charge in [-0.3, -0.25) is 0 Å². The summed E-state index contributed by atoms with van der Waals surface area (Å²) < 4.78 is 0. The van der Waals surface area contributed by atoms with Gasteiger partial charge in [0.15, 0.2) is 0 Å². The Labute approximate surface area is 122 Å². The largest absolute Gasteiger partial charge is 0.317 e. The fraction of sp³-hybridized carbons (Fsp3) is 0.412. The Hall–Kier alpha value is -1.05. The highest BCUT2D eigenvalue weighted by molar-refractivity contribution is 5.86. The zero-order valence-electron chi connectivity index (χ0n) is 11.9. The molecule has 0 aromatic heterocycles. The highest BCUT2D eigenvalue weighted by Gasteiger charge is 1.97. The molecule has 0 atom stereocenters. The van der Waals surface area contributed by atoms with Gasteiger partial charge in [-0.05, 0) is 61.7 Å². The molecule has 0 unspecified atom stereocenters. The van der Waals surface area contributed by atoms with Crippen LogP contribution < -0.4 is 5.32 Å². The molecule has 2 heteroatoms. The topological polar surface area (TPSA) is 12.0 Å². The Morgan fingerprint density at radius 2 is 1.53 bits per heavy atom. The minimum absolute atomic E-state index is 0. The third-order valence-corrected chi connectivity index (χ3v) is 3.68. The fourth-order valence-corrected chi connectivity index (χ4v) is 2.34. The summed E-state index contributed by atoms with van der Waals surface area (Å²) in [5, 5.41) is 5.99. The van der Waals surface area contributed by atoms with E-state index in [4.69, 9.17) is 0 Å². The lowest BCUT2D eigenvalue weighted by Gasteiger charge is -2.08. The Morgan fingerprint density at radius 3 is 2.11 bits per heavy atom. The normalized spacial score (nSPS) is 14.2. The van der Waals surface area contributed by atoms with Gasteiger partial charge in [-0.1, -0.05) is 42.8 Å². The van der Waals surface area contributed by atoms with E-state index < -0.39 is 0 Å². The van der Waals surface area contributed by atoms with Crippen molar-refractivity contribution >= 4 is 23.2 Å². The molecular weight excluding hydrogens is 254 g/mol. The molecule has 0 amide bonds. The standard InChI is InChI=1S/C12H12.C5H11N.ClH/c1-9-7-8-11-5-3-4-6-12(11)10(9)2;1-2-4-6-5-3-1;/h3-8H,1-2H3;6H,1-5H2;1H. The molecule has 1 heterocycles. The number of piperidine rings is 1. The van der Waals surface area contributed by atoms with Gasteiger partial charge < -0.3 is 5.32 Å². The average Bonchev–Trinajstić information content (AvgIpc) is 2.46. The van der Waals surface area contributed by atoms with Crippen LogP contribution in [0.5, 0.6) is 0 Å². The van der Waals surface area contributed by atoms with Crippen molar-refractivity contribution in [2.24, 2.45) is 0 Å². The molecular formula is C17H24ClN. The Kier molecular flexibility index (Phi) is 6.90. The van der Waals surface area contributed by atoms with E-state index in [0.29, 0.717) is 0 Å². The summed E-state index contributed by atoms with van der Waals surface area (Å²) in [6, 6.07) is 12.9. The van der Waals surface area contributed by atoms with E-state index in [1.165, 1.54) is 54.3 Å². The zero-order valence-corrected chi connectivity index (χ0v) is 12.7. The number of halogens is 1. The first kappa shape index (κ1) is 16.0. The van der Waals surface area contributed by atoms with E-state index >= 15 is 0 Å². The van der Waals surface area contributed by atoms with Gasteiger partial charge in [-0.25, -0.2) is 0 Å². The van der Waals surface area contributed by atoms with Gasteiger partial charge in [0.2, 0.25) is 0 Å². The van der Waals surface area contributed by atoms with Crippen LogP contribution in [-0.2, 0) is 0 Å². The molecule has 1 saturated heterocycles. The summed E-state index contributed by atoms with van der Waals surface area (Å²) in [6.07, 6.45) is 4.22. The van der Waals surface area contributed by atoms with Crippen molar-refractivity contribution in [2.45, 2.75) is 33.1 Å². The summed E-state index contributed by atoms with van der Waals surface area (Å²) in [4.78, 5) is 0. The maximum atomic E-state index is 3.28. The molecule has 1 nitrogen and oxygen atoms in total. The monoisotopic (exact) mass is 277 g/mol. The van der Waals surface area contributed by atoms with E-state index in [9.17, 15) is 0 Å². The van der Waals surface area contributed by atoms with Crippen LogP contribution >= 0.6 is 12.4 Å². The van der Waals surface area contributed by atoms with Crippen molar-refractivity contribution in [1.82, 2.24) is 5.32 Å². The van der Waals surface area contributed by atoms with Crippen LogP contribution in [0.4, 0.5) is 0 Å². The Bertz CT molecular complexity index is 492. The van der Waals surface area contributed by atoms with Crippen molar-refractivity contribution in [3.05, 3.63) is 47.5 Å². The van der Waals surface area contributed by atoms with Crippen molar-refractivity contribution in [3.8, 4) is 0 Å². The number of benzene rings is 2. The molecule has 1 aliphatic heterocycles. The first-order chi connectivity index (χ1) is 8.79. The zero-order chi connectivity index (χ0) is 12.8. The Morgan fingerprint density at radius 1 is 0.842 bits per heavy atom. The van der Waals surface area contributed by atoms with E-state index in [1.54, 1.807) is 0 Å². The molecule has 0 radical (unpaired) electrons. The second kappa shape index (κ2) is 8.19. The van der Waals surface area contributed by atoms with E-state index in [2.05, 4.69) is 55.6 Å². The molecule has 2 aromatic carbocycles. The van der Waals surface area contributed by atoms with E-state index in [0.717, 1.165) is 0 Å². The van der Waals surface area contributed by atoms with Crippen LogP contribution in [0.3, 0.4) is 0 Å². The average molecular weight is 278 g/mol. The first-order valence-electron chi connectivity index (χ1n) is 6.95. The van der Waals surface area contributed by atoms with Crippen LogP contribution in [-0.4, -0.2) is 13.1 Å². The summed E-state index contributed by atoms with van der Waals surface area (Å²) in [5.74, 6) is 0. The van der Waals surface area contributed by atoms with Gasteiger partial charge in [0.25, 0.3) is 0 Å². The molecule has 0 spiro atoms. The second-order valence-corrected chi connectivity index (χ2v) is 5.04. The summed E-state index contributed by atoms with van der Waals surface area (Å²) >= 11 is 0. The van der Waals surface area contributed by atoms with Crippen molar-refractivity contribution in [1.29, 1.82) is 0 Å². The maximum Gasteiger partial charge on any atom is -0.00489 e. The molecule has 3 rings (SSSR count). The number of hydrogen-bond donors (Lipinski definition) is 1. The van der Waals surface area contributed by atoms with Crippen LogP contribution in [0.25, 0.3) is 10.8 Å². The van der Waals surface area contributed by atoms with Gasteiger partial charge in [-0.2, -0.15) is 0 Å². The predicted octanol–water partition coefficient (Wildman–Crippen LogP) is 4.64. The number of rotatable bonds is 0. The summed E-state index contributed by atoms with van der Waals surface area (Å²) in [5.41, 5.74) is 2.77. The number of hydrogen-bond acceptors (Lipinski definition) is 1. The van der Waals surface area contributed by atoms with Crippen LogP contribution in [0.1, 0.15) is 30.4 Å². The van der Waals surface area contributed by atoms with Crippen LogP contribution in [0, 0.1) is 13.8 Å². The smallest absolute Gasteiger partial charge is 0.00489 e. The molecule has 1 N–H and O–H groups in total. The van der Waals surface area contributed by atoms with Gasteiger partial charge in [-0.15, -0.1) is 12.4 Å². The van der Waals surface area contributed by atoms with Gasteiger partial charge in [0.05, 0.1) is 0 Å². The van der Waals surface area contributed by atoms with Crippen LogP contribution in [0.15, 0.2) is 36.4 Å². The summed E-state index contributed by atoms with van der Waals surface area (Å²) in [7, 11) is 0. The predicted molar refractivity (Wildman–Crippen MR) is 87.4 cm³/mol. The molecule has 0 bridgehead atoms. The number of nitrogens with one attached hydrogen (secondary N) is 1. The second-order valence-electron chi connectivity index (χ2n) is 5.04. The lowest BCUT2D eigenvalue weighted by atomic mass is 10.0. The SMILES string of the molecule is C1CCNCC1.Cc1ccc2ccccc2c1C.Cl. The third kappa shape index (κ3) is 4.52. The molecule has 0 saturated carbocycles. The van der Waals surface area contributed by atoms with Gasteiger partial charge in [0, 0.05) is 0 Å². The minimum Gasteiger partial charge on any atom is -0.317 e. The molecule has 104 valence electrons. The number of aryl methyl sites for hydroxylation is 2. The van der Waals surface area contributed by atoms with Crippen molar-refractivity contribution in [3.63, 3.8) is 0 Å². The molecule has 1 aliphatic rings. The lowest BCUT2D eigenvalue weighted by molar-refractivity contribution is 0.520. The van der Waals surface area contributed by atoms with E-state index in [-0.39, 0.29) is 12.4 Å². The van der Waals surface area contributed by atoms with Gasteiger partial charge >= 0.3 is 0 Å². The van der Waals surface area contributed by atoms with E-state index in [1.807, 2.05) is 0 Å². The number of fused-ring (bicyclic) bond motifs is 1. The van der Waals surface area contributed by atoms with Crippen LogP contribution in [0.2, 0.25) is 0 Å². The molecule has 2 aromatic rings. The Balaban J connectivity index is 0.000000220. The van der Waals surface area contributed by atoms with Gasteiger partial charge in [0.1, 0.15) is 0 Å². The maximum absolute atomic E-state index is 3.28. The highest BCUT2D eigenvalue weighted by Crippen LogP contribution is 2.20. The van der Waals surface area contributed by atoms with Crippen molar-refractivity contribution in [2.75, 3.05) is 13.1 Å². The molecule has 0 aliphatic carbocycles. The quantitative estimate of drug-likeness (QED) is 0.740. The summed E-state index contributed by atoms with van der Waals surface area (Å²) in [6.45, 7) is 6.83. The lowest BCUT2D eigenvalue weighted by Crippen LogP contribution is -2.21. The fourth-order valence-electron chi connectivity index (χ4n) is 2.34. The minimum atomic E-state index is 0. The highest BCUT2D eigenvalue weighted by atomic mass is 35.5. The third-order valence-electron chi connectivity index (χ3n) is 3.68.